The van der Waals surface area contributed by atoms with Gasteiger partial charge in [-0.25, -0.2) is 8.42 Å². The summed E-state index contributed by atoms with van der Waals surface area (Å²) >= 11 is 6.12. The largest absolute Gasteiger partial charge is 0.444 e. The highest BCUT2D eigenvalue weighted by atomic mass is 35.5. The van der Waals surface area contributed by atoms with Gasteiger partial charge in [0.25, 0.3) is 0 Å². The summed E-state index contributed by atoms with van der Waals surface area (Å²) in [6.07, 6.45) is 1.60. The highest BCUT2D eigenvalue weighted by molar-refractivity contribution is 7.91. The van der Waals surface area contributed by atoms with E-state index in [2.05, 4.69) is 5.32 Å². The van der Waals surface area contributed by atoms with Crippen LogP contribution in [0, 0.1) is 0 Å². The lowest BCUT2D eigenvalue weighted by Gasteiger charge is -2.22. The summed E-state index contributed by atoms with van der Waals surface area (Å²) < 4.78 is 28.7. The molecule has 2 aromatic rings. The number of sulfone groups is 1. The molecule has 1 aromatic carbocycles. The second-order valence-corrected chi connectivity index (χ2v) is 7.76. The van der Waals surface area contributed by atoms with Crippen LogP contribution in [-0.4, -0.2) is 26.0 Å². The van der Waals surface area contributed by atoms with E-state index in [0.717, 1.165) is 29.4 Å². The quantitative estimate of drug-likeness (QED) is 0.946. The Kier molecular flexibility index (Phi) is 3.75. The number of hydrogen-bond donors (Lipinski definition) is 1. The van der Waals surface area contributed by atoms with Crippen molar-refractivity contribution in [1.82, 2.24) is 5.32 Å². The van der Waals surface area contributed by atoms with Gasteiger partial charge >= 0.3 is 0 Å². The topological polar surface area (TPSA) is 59.3 Å². The molecular weight excluding hydrogens is 298 g/mol. The molecule has 108 valence electrons. The molecule has 1 N–H and O–H groups in total. The zero-order chi connectivity index (χ0) is 14.2. The Morgan fingerprint density at radius 1 is 1.35 bits per heavy atom. The van der Waals surface area contributed by atoms with Crippen molar-refractivity contribution >= 4 is 32.4 Å². The van der Waals surface area contributed by atoms with Crippen LogP contribution in [0.15, 0.2) is 28.7 Å². The minimum absolute atomic E-state index is 0.00141. The lowest BCUT2D eigenvalue weighted by atomic mass is 10.1. The second-order valence-electron chi connectivity index (χ2n) is 5.18. The average molecular weight is 314 g/mol. The van der Waals surface area contributed by atoms with Gasteiger partial charge in [0.15, 0.2) is 15.1 Å². The van der Waals surface area contributed by atoms with Gasteiger partial charge in [0.2, 0.25) is 0 Å². The van der Waals surface area contributed by atoms with Gasteiger partial charge in [0.05, 0.1) is 11.5 Å². The highest BCUT2D eigenvalue weighted by Gasteiger charge is 2.24. The molecule has 0 spiro atoms. The first-order valence-electron chi connectivity index (χ1n) is 6.65. The highest BCUT2D eigenvalue weighted by Crippen LogP contribution is 2.29. The van der Waals surface area contributed by atoms with Crippen molar-refractivity contribution in [3.63, 3.8) is 0 Å². The minimum atomic E-state index is -2.89. The Bertz CT molecular complexity index is 723. The number of para-hydroxylation sites is 1. The van der Waals surface area contributed by atoms with E-state index >= 15 is 0 Å². The fourth-order valence-electron chi connectivity index (χ4n) is 2.66. The standard InChI is InChI=1S/C14H16ClNO3S/c15-14-12(11-5-1-2-6-13(11)19-14)8-16-10-4-3-7-20(17,18)9-10/h1-2,5-6,10,16H,3-4,7-9H2. The molecule has 20 heavy (non-hydrogen) atoms. The van der Waals surface area contributed by atoms with Gasteiger partial charge < -0.3 is 9.73 Å². The summed E-state index contributed by atoms with van der Waals surface area (Å²) in [7, 11) is -2.89. The van der Waals surface area contributed by atoms with Crippen LogP contribution in [0.3, 0.4) is 0 Å². The van der Waals surface area contributed by atoms with Crippen LogP contribution >= 0.6 is 11.6 Å². The van der Waals surface area contributed by atoms with Crippen LogP contribution in [0.2, 0.25) is 5.22 Å². The normalized spacial score (nSPS) is 22.1. The Labute approximate surface area is 123 Å². The molecule has 0 aliphatic carbocycles. The zero-order valence-corrected chi connectivity index (χ0v) is 12.5. The lowest BCUT2D eigenvalue weighted by molar-refractivity contribution is 0.479. The third kappa shape index (κ3) is 2.85. The van der Waals surface area contributed by atoms with Gasteiger partial charge in [0, 0.05) is 23.5 Å². The number of nitrogens with one attached hydrogen (secondary N) is 1. The molecule has 1 saturated heterocycles. The van der Waals surface area contributed by atoms with Crippen molar-refractivity contribution in [1.29, 1.82) is 0 Å². The van der Waals surface area contributed by atoms with Crippen LogP contribution in [0.5, 0.6) is 0 Å². The van der Waals surface area contributed by atoms with Crippen molar-refractivity contribution in [3.8, 4) is 0 Å². The second kappa shape index (κ2) is 5.39. The number of hydrogen-bond acceptors (Lipinski definition) is 4. The Hall–Kier alpha value is -1.04. The van der Waals surface area contributed by atoms with Crippen LogP contribution < -0.4 is 5.32 Å². The van der Waals surface area contributed by atoms with Crippen LogP contribution in [0.1, 0.15) is 18.4 Å². The first-order valence-corrected chi connectivity index (χ1v) is 8.85. The number of halogens is 1. The van der Waals surface area contributed by atoms with Crippen molar-refractivity contribution < 1.29 is 12.8 Å². The molecule has 0 radical (unpaired) electrons. The summed E-state index contributed by atoms with van der Waals surface area (Å²) in [6, 6.07) is 7.66. The predicted molar refractivity (Wildman–Crippen MR) is 79.7 cm³/mol. The zero-order valence-electron chi connectivity index (χ0n) is 10.9. The summed E-state index contributed by atoms with van der Waals surface area (Å²) in [5.41, 5.74) is 1.65. The van der Waals surface area contributed by atoms with E-state index in [1.807, 2.05) is 24.3 Å². The van der Waals surface area contributed by atoms with E-state index in [-0.39, 0.29) is 11.8 Å². The monoisotopic (exact) mass is 313 g/mol. The molecule has 1 aliphatic rings. The number of rotatable bonds is 3. The molecule has 1 atom stereocenters. The van der Waals surface area contributed by atoms with E-state index in [0.29, 0.717) is 17.5 Å². The van der Waals surface area contributed by atoms with Gasteiger partial charge in [-0.15, -0.1) is 0 Å². The van der Waals surface area contributed by atoms with E-state index in [1.54, 1.807) is 0 Å². The molecule has 1 fully saturated rings. The van der Waals surface area contributed by atoms with Crippen molar-refractivity contribution in [2.45, 2.75) is 25.4 Å². The molecule has 0 amide bonds. The van der Waals surface area contributed by atoms with Crippen LogP contribution in [-0.2, 0) is 16.4 Å². The SMILES string of the molecule is O=S1(=O)CCCC(NCc2c(Cl)oc3ccccc23)C1. The predicted octanol–water partition coefficient (Wildman–Crippen LogP) is 2.75. The average Bonchev–Trinajstić information content (AvgIpc) is 2.71. The van der Waals surface area contributed by atoms with E-state index < -0.39 is 9.84 Å². The minimum Gasteiger partial charge on any atom is -0.444 e. The molecule has 0 bridgehead atoms. The first kappa shape index (κ1) is 13.9. The Morgan fingerprint density at radius 3 is 2.95 bits per heavy atom. The Morgan fingerprint density at radius 2 is 2.15 bits per heavy atom. The van der Waals surface area contributed by atoms with E-state index in [9.17, 15) is 8.42 Å². The smallest absolute Gasteiger partial charge is 0.199 e. The van der Waals surface area contributed by atoms with Crippen LogP contribution in [0.4, 0.5) is 0 Å². The summed E-state index contributed by atoms with van der Waals surface area (Å²) in [5, 5.41) is 4.64. The first-order chi connectivity index (χ1) is 9.55. The maximum Gasteiger partial charge on any atom is 0.199 e. The fraction of sp³-hybridized carbons (Fsp3) is 0.429. The van der Waals surface area contributed by atoms with Crippen molar-refractivity contribution in [2.24, 2.45) is 0 Å². The van der Waals surface area contributed by atoms with E-state index in [4.69, 9.17) is 16.0 Å². The molecule has 1 aliphatic heterocycles. The Balaban J connectivity index is 1.75. The van der Waals surface area contributed by atoms with E-state index in [1.165, 1.54) is 0 Å². The molecule has 3 rings (SSSR count). The van der Waals surface area contributed by atoms with Gasteiger partial charge in [-0.05, 0) is 30.5 Å². The third-order valence-corrected chi connectivity index (χ3v) is 5.81. The fourth-order valence-corrected chi connectivity index (χ4v) is 4.59. The molecule has 1 unspecified atom stereocenters. The molecule has 1 aromatic heterocycles. The van der Waals surface area contributed by atoms with Gasteiger partial charge in [-0.3, -0.25) is 0 Å². The van der Waals surface area contributed by atoms with Crippen molar-refractivity contribution in [3.05, 3.63) is 35.0 Å². The summed E-state index contributed by atoms with van der Waals surface area (Å²) in [6.45, 7) is 0.524. The number of furan rings is 1. The maximum atomic E-state index is 11.6. The molecule has 0 saturated carbocycles. The van der Waals surface area contributed by atoms with Gasteiger partial charge in [-0.2, -0.15) is 0 Å². The molecule has 6 heteroatoms. The molecular formula is C14H16ClNO3S. The van der Waals surface area contributed by atoms with Crippen molar-refractivity contribution in [2.75, 3.05) is 11.5 Å². The molecule has 4 nitrogen and oxygen atoms in total. The molecule has 2 heterocycles. The number of benzene rings is 1. The maximum absolute atomic E-state index is 11.6. The lowest BCUT2D eigenvalue weighted by Crippen LogP contribution is -2.39. The van der Waals surface area contributed by atoms with Gasteiger partial charge in [0.1, 0.15) is 5.58 Å². The third-order valence-electron chi connectivity index (χ3n) is 3.68. The summed E-state index contributed by atoms with van der Waals surface area (Å²) in [4.78, 5) is 0. The van der Waals surface area contributed by atoms with Crippen LogP contribution in [0.25, 0.3) is 11.0 Å². The van der Waals surface area contributed by atoms with Gasteiger partial charge in [-0.1, -0.05) is 18.2 Å². The summed E-state index contributed by atoms with van der Waals surface area (Å²) in [5.74, 6) is 0.515. The number of fused-ring (bicyclic) bond motifs is 1.